The predicted molar refractivity (Wildman–Crippen MR) is 67.6 cm³/mol. The third kappa shape index (κ3) is 3.05. The van der Waals surface area contributed by atoms with Gasteiger partial charge in [-0.05, 0) is 39.9 Å². The fraction of sp³-hybridized carbons (Fsp3) is 0.923. The van der Waals surface area contributed by atoms with Crippen molar-refractivity contribution in [2.24, 2.45) is 5.41 Å². The van der Waals surface area contributed by atoms with E-state index in [2.05, 4.69) is 37.7 Å². The Bertz CT molecular complexity index is 224. The van der Waals surface area contributed by atoms with E-state index >= 15 is 0 Å². The molecule has 0 aromatic heterocycles. The summed E-state index contributed by atoms with van der Waals surface area (Å²) in [6.07, 6.45) is 4.32. The van der Waals surface area contributed by atoms with Crippen molar-refractivity contribution in [3.63, 3.8) is 0 Å². The van der Waals surface area contributed by atoms with Crippen LogP contribution in [0, 0.1) is 5.41 Å². The van der Waals surface area contributed by atoms with Gasteiger partial charge in [0.15, 0.2) is 0 Å². The number of hydrogen-bond acceptors (Lipinski definition) is 3. The average Bonchev–Trinajstić information content (AvgIpc) is 2.74. The maximum atomic E-state index is 11.3. The van der Waals surface area contributed by atoms with Gasteiger partial charge in [0.2, 0.25) is 0 Å². The summed E-state index contributed by atoms with van der Waals surface area (Å²) in [5, 5.41) is 0. The third-order valence-corrected chi connectivity index (χ3v) is 4.17. The number of carbonyl (C=O) groups is 1. The fourth-order valence-electron chi connectivity index (χ4n) is 2.50. The second kappa shape index (κ2) is 5.78. The Morgan fingerprint density at radius 3 is 2.38 bits per heavy atom. The van der Waals surface area contributed by atoms with Crippen LogP contribution in [-0.2, 0) is 4.79 Å². The number of likely N-dealkylation sites (tertiary alicyclic amines) is 1. The molecule has 1 unspecified atom stereocenters. The SMILES string of the molecule is CCC(C=O)(CC)CN1CCC(N(C)C)C1. The van der Waals surface area contributed by atoms with E-state index in [1.54, 1.807) is 0 Å². The standard InChI is InChI=1S/C13H26N2O/c1-5-13(6-2,11-16)10-15-8-7-12(9-15)14(3)4/h11-12H,5-10H2,1-4H3. The Morgan fingerprint density at radius 2 is 2.00 bits per heavy atom. The molecule has 3 heteroatoms. The van der Waals surface area contributed by atoms with Gasteiger partial charge >= 0.3 is 0 Å². The lowest BCUT2D eigenvalue weighted by Crippen LogP contribution is -2.39. The van der Waals surface area contributed by atoms with E-state index in [9.17, 15) is 4.79 Å². The molecule has 0 saturated carbocycles. The van der Waals surface area contributed by atoms with Crippen LogP contribution in [-0.4, -0.2) is 55.9 Å². The van der Waals surface area contributed by atoms with E-state index in [0.29, 0.717) is 6.04 Å². The maximum Gasteiger partial charge on any atom is 0.127 e. The molecule has 1 heterocycles. The highest BCUT2D eigenvalue weighted by molar-refractivity contribution is 5.59. The van der Waals surface area contributed by atoms with E-state index in [1.165, 1.54) is 12.7 Å². The molecule has 0 spiro atoms. The van der Waals surface area contributed by atoms with Crippen molar-refractivity contribution in [2.45, 2.75) is 39.2 Å². The van der Waals surface area contributed by atoms with Crippen molar-refractivity contribution in [1.82, 2.24) is 9.80 Å². The topological polar surface area (TPSA) is 23.6 Å². The van der Waals surface area contributed by atoms with Gasteiger partial charge in [-0.3, -0.25) is 0 Å². The molecule has 0 bridgehead atoms. The summed E-state index contributed by atoms with van der Waals surface area (Å²) in [5.74, 6) is 0. The van der Waals surface area contributed by atoms with Crippen LogP contribution < -0.4 is 0 Å². The van der Waals surface area contributed by atoms with Crippen molar-refractivity contribution in [3.05, 3.63) is 0 Å². The molecule has 1 aliphatic heterocycles. The zero-order chi connectivity index (χ0) is 12.2. The van der Waals surface area contributed by atoms with Crippen LogP contribution in [0.1, 0.15) is 33.1 Å². The molecule has 3 nitrogen and oxygen atoms in total. The van der Waals surface area contributed by atoms with Crippen LogP contribution in [0.15, 0.2) is 0 Å². The number of rotatable bonds is 6. The summed E-state index contributed by atoms with van der Waals surface area (Å²) in [5.41, 5.74) is -0.110. The summed E-state index contributed by atoms with van der Waals surface area (Å²) < 4.78 is 0. The smallest absolute Gasteiger partial charge is 0.127 e. The molecule has 0 radical (unpaired) electrons. The minimum absolute atomic E-state index is 0.110. The van der Waals surface area contributed by atoms with Gasteiger partial charge in [-0.2, -0.15) is 0 Å². The van der Waals surface area contributed by atoms with E-state index in [-0.39, 0.29) is 5.41 Å². The quantitative estimate of drug-likeness (QED) is 0.643. The zero-order valence-corrected chi connectivity index (χ0v) is 11.2. The van der Waals surface area contributed by atoms with Crippen molar-refractivity contribution in [1.29, 1.82) is 0 Å². The second-order valence-electron chi connectivity index (χ2n) is 5.33. The second-order valence-corrected chi connectivity index (χ2v) is 5.33. The van der Waals surface area contributed by atoms with E-state index in [4.69, 9.17) is 0 Å². The van der Waals surface area contributed by atoms with Crippen LogP contribution in [0.25, 0.3) is 0 Å². The summed E-state index contributed by atoms with van der Waals surface area (Å²) >= 11 is 0. The van der Waals surface area contributed by atoms with E-state index in [1.807, 2.05) is 0 Å². The lowest BCUT2D eigenvalue weighted by atomic mass is 9.83. The van der Waals surface area contributed by atoms with Gasteiger partial charge in [-0.1, -0.05) is 13.8 Å². The highest BCUT2D eigenvalue weighted by atomic mass is 16.1. The number of carbonyl (C=O) groups excluding carboxylic acids is 1. The first-order chi connectivity index (χ1) is 7.56. The highest BCUT2D eigenvalue weighted by Gasteiger charge is 2.32. The molecule has 1 fully saturated rings. The van der Waals surface area contributed by atoms with E-state index in [0.717, 1.165) is 32.5 Å². The van der Waals surface area contributed by atoms with Crippen LogP contribution >= 0.6 is 0 Å². The van der Waals surface area contributed by atoms with Gasteiger partial charge in [-0.25, -0.2) is 0 Å². The summed E-state index contributed by atoms with van der Waals surface area (Å²) in [4.78, 5) is 16.0. The number of aldehydes is 1. The van der Waals surface area contributed by atoms with Gasteiger partial charge in [-0.15, -0.1) is 0 Å². The van der Waals surface area contributed by atoms with Gasteiger partial charge in [0, 0.05) is 24.5 Å². The average molecular weight is 226 g/mol. The molecule has 0 aromatic carbocycles. The van der Waals surface area contributed by atoms with Crippen molar-refractivity contribution < 1.29 is 4.79 Å². The van der Waals surface area contributed by atoms with Gasteiger partial charge in [0.1, 0.15) is 6.29 Å². The predicted octanol–water partition coefficient (Wildman–Crippen LogP) is 1.63. The van der Waals surface area contributed by atoms with Crippen molar-refractivity contribution in [3.8, 4) is 0 Å². The Kier molecular flexibility index (Phi) is 4.93. The Balaban J connectivity index is 2.52. The summed E-state index contributed by atoms with van der Waals surface area (Å²) in [7, 11) is 4.28. The first kappa shape index (κ1) is 13.7. The molecular weight excluding hydrogens is 200 g/mol. The first-order valence-corrected chi connectivity index (χ1v) is 6.42. The van der Waals surface area contributed by atoms with Crippen LogP contribution in [0.4, 0.5) is 0 Å². The summed E-state index contributed by atoms with van der Waals surface area (Å²) in [6, 6.07) is 0.665. The van der Waals surface area contributed by atoms with Crippen molar-refractivity contribution in [2.75, 3.05) is 33.7 Å². The lowest BCUT2D eigenvalue weighted by Gasteiger charge is -2.30. The maximum absolute atomic E-state index is 11.3. The normalized spacial score (nSPS) is 22.9. The molecule has 0 aromatic rings. The van der Waals surface area contributed by atoms with Gasteiger partial charge in [0.05, 0.1) is 0 Å². The lowest BCUT2D eigenvalue weighted by molar-refractivity contribution is -0.117. The Morgan fingerprint density at radius 1 is 1.38 bits per heavy atom. The zero-order valence-electron chi connectivity index (χ0n) is 11.2. The van der Waals surface area contributed by atoms with Crippen LogP contribution in [0.3, 0.4) is 0 Å². The fourth-order valence-corrected chi connectivity index (χ4v) is 2.50. The molecule has 94 valence electrons. The monoisotopic (exact) mass is 226 g/mol. The molecule has 0 aliphatic carbocycles. The van der Waals surface area contributed by atoms with Crippen molar-refractivity contribution >= 4 is 6.29 Å². The third-order valence-electron chi connectivity index (χ3n) is 4.17. The van der Waals surface area contributed by atoms with Crippen LogP contribution in [0.5, 0.6) is 0 Å². The van der Waals surface area contributed by atoms with Crippen LogP contribution in [0.2, 0.25) is 0 Å². The minimum Gasteiger partial charge on any atom is -0.305 e. The Hall–Kier alpha value is -0.410. The number of nitrogens with zero attached hydrogens (tertiary/aromatic N) is 2. The largest absolute Gasteiger partial charge is 0.305 e. The minimum atomic E-state index is -0.110. The highest BCUT2D eigenvalue weighted by Crippen LogP contribution is 2.27. The molecule has 0 amide bonds. The van der Waals surface area contributed by atoms with E-state index < -0.39 is 0 Å². The molecule has 1 aliphatic rings. The molecule has 1 rings (SSSR count). The molecule has 1 atom stereocenters. The molecule has 0 N–H and O–H groups in total. The molecular formula is C13H26N2O. The van der Waals surface area contributed by atoms with Gasteiger partial charge in [0.25, 0.3) is 0 Å². The summed E-state index contributed by atoms with van der Waals surface area (Å²) in [6.45, 7) is 7.43. The number of hydrogen-bond donors (Lipinski definition) is 0. The Labute approximate surface area is 99.8 Å². The number of likely N-dealkylation sites (N-methyl/N-ethyl adjacent to an activating group) is 1. The first-order valence-electron chi connectivity index (χ1n) is 6.42. The molecule has 1 saturated heterocycles. The van der Waals surface area contributed by atoms with Gasteiger partial charge < -0.3 is 14.6 Å². The molecule has 16 heavy (non-hydrogen) atoms.